The minimum Gasteiger partial charge on any atom is -0.356 e. The number of nitrogens with one attached hydrogen (secondary N) is 1. The first-order valence-electron chi connectivity index (χ1n) is 8.68. The van der Waals surface area contributed by atoms with E-state index in [4.69, 9.17) is 5.26 Å². The maximum atomic E-state index is 12.1. The quantitative estimate of drug-likeness (QED) is 0.672. The zero-order valence-corrected chi connectivity index (χ0v) is 16.1. The number of nitriles is 1. The lowest BCUT2D eigenvalue weighted by molar-refractivity contribution is -0.120. The minimum atomic E-state index is -3.56. The molecule has 2 aromatic carbocycles. The van der Waals surface area contributed by atoms with E-state index in [0.29, 0.717) is 17.8 Å². The van der Waals surface area contributed by atoms with Crippen LogP contribution in [0.15, 0.2) is 54.6 Å². The fourth-order valence-electron chi connectivity index (χ4n) is 2.67. The Labute approximate surface area is 160 Å². The molecule has 0 atom stereocenters. The van der Waals surface area contributed by atoms with Crippen LogP contribution in [0.25, 0.3) is 0 Å². The summed E-state index contributed by atoms with van der Waals surface area (Å²) in [5, 5.41) is 11.8. The van der Waals surface area contributed by atoms with Gasteiger partial charge in [0.1, 0.15) is 0 Å². The highest BCUT2D eigenvalue weighted by atomic mass is 32.2. The Morgan fingerprint density at radius 3 is 2.56 bits per heavy atom. The van der Waals surface area contributed by atoms with E-state index in [1.165, 1.54) is 11.6 Å². The molecule has 0 bridgehead atoms. The molecule has 0 saturated heterocycles. The molecule has 0 saturated carbocycles. The molecule has 2 rings (SSSR count). The van der Waals surface area contributed by atoms with Gasteiger partial charge >= 0.3 is 0 Å². The first-order chi connectivity index (χ1) is 12.9. The van der Waals surface area contributed by atoms with Crippen LogP contribution < -0.4 is 9.62 Å². The minimum absolute atomic E-state index is 0.0260. The van der Waals surface area contributed by atoms with Crippen molar-refractivity contribution >= 4 is 21.6 Å². The summed E-state index contributed by atoms with van der Waals surface area (Å²) in [4.78, 5) is 12.1. The zero-order chi connectivity index (χ0) is 19.7. The third-order valence-electron chi connectivity index (χ3n) is 4.01. The summed E-state index contributed by atoms with van der Waals surface area (Å²) < 4.78 is 25.3. The molecule has 1 amide bonds. The van der Waals surface area contributed by atoms with Crippen molar-refractivity contribution in [2.75, 3.05) is 23.7 Å². The first-order valence-corrected chi connectivity index (χ1v) is 10.5. The predicted octanol–water partition coefficient (Wildman–Crippen LogP) is 2.46. The molecule has 0 fully saturated rings. The van der Waals surface area contributed by atoms with Gasteiger partial charge in [-0.2, -0.15) is 5.26 Å². The van der Waals surface area contributed by atoms with Crippen LogP contribution >= 0.6 is 0 Å². The van der Waals surface area contributed by atoms with Gasteiger partial charge in [0.25, 0.3) is 0 Å². The molecular weight excluding hydrogens is 362 g/mol. The third kappa shape index (κ3) is 6.76. The van der Waals surface area contributed by atoms with Gasteiger partial charge in [-0.05, 0) is 36.6 Å². The number of carbonyl (C=O) groups is 1. The second kappa shape index (κ2) is 9.74. The highest BCUT2D eigenvalue weighted by Crippen LogP contribution is 2.19. The lowest BCUT2D eigenvalue weighted by atomic mass is 10.1. The smallest absolute Gasteiger partial charge is 0.232 e. The summed E-state index contributed by atoms with van der Waals surface area (Å²) in [5.74, 6) is -0.201. The molecule has 0 aliphatic heterocycles. The number of sulfonamides is 1. The van der Waals surface area contributed by atoms with Crippen molar-refractivity contribution in [2.24, 2.45) is 0 Å². The molecule has 0 aromatic heterocycles. The molecule has 0 aliphatic rings. The maximum Gasteiger partial charge on any atom is 0.232 e. The Bertz CT molecular complexity index is 906. The maximum absolute atomic E-state index is 12.1. The predicted molar refractivity (Wildman–Crippen MR) is 106 cm³/mol. The Hall–Kier alpha value is -2.85. The van der Waals surface area contributed by atoms with E-state index in [2.05, 4.69) is 5.32 Å². The Kier molecular flexibility index (Phi) is 7.38. The molecule has 0 heterocycles. The molecule has 7 heteroatoms. The fraction of sp³-hybridized carbons (Fsp3) is 0.300. The summed E-state index contributed by atoms with van der Waals surface area (Å²) in [6.45, 7) is 0.564. The highest BCUT2D eigenvalue weighted by molar-refractivity contribution is 7.92. The fourth-order valence-corrected chi connectivity index (χ4v) is 3.59. The second-order valence-electron chi connectivity index (χ2n) is 6.19. The molecule has 0 aliphatic carbocycles. The SMILES string of the molecule is CS(=O)(=O)N(CCC(=O)NCCCc1ccccc1)c1cccc(C#N)c1. The summed E-state index contributed by atoms with van der Waals surface area (Å²) in [6.07, 6.45) is 2.83. The molecule has 27 heavy (non-hydrogen) atoms. The average molecular weight is 385 g/mol. The van der Waals surface area contributed by atoms with Gasteiger partial charge in [-0.15, -0.1) is 0 Å². The highest BCUT2D eigenvalue weighted by Gasteiger charge is 2.18. The van der Waals surface area contributed by atoms with Gasteiger partial charge in [-0.1, -0.05) is 36.4 Å². The number of rotatable bonds is 9. The molecule has 6 nitrogen and oxygen atoms in total. The number of hydrogen-bond acceptors (Lipinski definition) is 4. The molecule has 0 unspecified atom stereocenters. The third-order valence-corrected chi connectivity index (χ3v) is 5.21. The van der Waals surface area contributed by atoms with Crippen molar-refractivity contribution in [3.63, 3.8) is 0 Å². The van der Waals surface area contributed by atoms with E-state index in [1.54, 1.807) is 18.2 Å². The zero-order valence-electron chi connectivity index (χ0n) is 15.3. The largest absolute Gasteiger partial charge is 0.356 e. The van der Waals surface area contributed by atoms with Gasteiger partial charge < -0.3 is 5.32 Å². The molecule has 2 aromatic rings. The normalized spacial score (nSPS) is 10.8. The van der Waals surface area contributed by atoms with Crippen LogP contribution in [0.4, 0.5) is 5.69 Å². The Morgan fingerprint density at radius 1 is 1.15 bits per heavy atom. The lowest BCUT2D eigenvalue weighted by Gasteiger charge is -2.22. The monoisotopic (exact) mass is 385 g/mol. The Morgan fingerprint density at radius 2 is 1.89 bits per heavy atom. The molecule has 1 N–H and O–H groups in total. The summed E-state index contributed by atoms with van der Waals surface area (Å²) in [5.41, 5.74) is 1.97. The van der Waals surface area contributed by atoms with Gasteiger partial charge in [0.05, 0.1) is 23.6 Å². The number of benzene rings is 2. The number of nitrogens with zero attached hydrogens (tertiary/aromatic N) is 2. The van der Waals surface area contributed by atoms with E-state index in [0.717, 1.165) is 23.4 Å². The van der Waals surface area contributed by atoms with Crippen LogP contribution in [-0.4, -0.2) is 33.7 Å². The van der Waals surface area contributed by atoms with E-state index >= 15 is 0 Å². The van der Waals surface area contributed by atoms with Gasteiger partial charge in [-0.3, -0.25) is 9.10 Å². The van der Waals surface area contributed by atoms with Crippen LogP contribution in [-0.2, 0) is 21.2 Å². The van der Waals surface area contributed by atoms with Crippen LogP contribution in [0.3, 0.4) is 0 Å². The van der Waals surface area contributed by atoms with Gasteiger partial charge in [0.2, 0.25) is 15.9 Å². The lowest BCUT2D eigenvalue weighted by Crippen LogP contribution is -2.35. The van der Waals surface area contributed by atoms with Crippen LogP contribution in [0.2, 0.25) is 0 Å². The van der Waals surface area contributed by atoms with Gasteiger partial charge in [-0.25, -0.2) is 8.42 Å². The van der Waals surface area contributed by atoms with Crippen LogP contribution in [0, 0.1) is 11.3 Å². The van der Waals surface area contributed by atoms with E-state index in [9.17, 15) is 13.2 Å². The van der Waals surface area contributed by atoms with Crippen molar-refractivity contribution in [3.8, 4) is 6.07 Å². The summed E-state index contributed by atoms with van der Waals surface area (Å²) in [7, 11) is -3.56. The van der Waals surface area contributed by atoms with Gasteiger partial charge in [0, 0.05) is 19.5 Å². The van der Waals surface area contributed by atoms with Crippen molar-refractivity contribution in [3.05, 3.63) is 65.7 Å². The van der Waals surface area contributed by atoms with Crippen LogP contribution in [0.5, 0.6) is 0 Å². The van der Waals surface area contributed by atoms with Gasteiger partial charge in [0.15, 0.2) is 0 Å². The number of anilines is 1. The van der Waals surface area contributed by atoms with Crippen molar-refractivity contribution < 1.29 is 13.2 Å². The molecular formula is C20H23N3O3S. The first kappa shape index (κ1) is 20.5. The number of aryl methyl sites for hydroxylation is 1. The van der Waals surface area contributed by atoms with Crippen molar-refractivity contribution in [1.29, 1.82) is 5.26 Å². The van der Waals surface area contributed by atoms with Crippen molar-refractivity contribution in [2.45, 2.75) is 19.3 Å². The topological polar surface area (TPSA) is 90.3 Å². The average Bonchev–Trinajstić information content (AvgIpc) is 2.65. The number of hydrogen-bond donors (Lipinski definition) is 1. The summed E-state index contributed by atoms with van der Waals surface area (Å²) >= 11 is 0. The number of carbonyl (C=O) groups excluding carboxylic acids is 1. The Balaban J connectivity index is 1.85. The van der Waals surface area contributed by atoms with E-state index in [-0.39, 0.29) is 18.9 Å². The molecule has 0 spiro atoms. The molecule has 142 valence electrons. The summed E-state index contributed by atoms with van der Waals surface area (Å²) in [6, 6.07) is 18.3. The number of amides is 1. The van der Waals surface area contributed by atoms with E-state index < -0.39 is 10.0 Å². The van der Waals surface area contributed by atoms with Crippen LogP contribution in [0.1, 0.15) is 24.0 Å². The standard InChI is InChI=1S/C20H23N3O3S/c1-27(25,26)23(19-11-5-9-18(15-19)16-21)14-12-20(24)22-13-6-10-17-7-3-2-4-8-17/h2-5,7-9,11,15H,6,10,12-14H2,1H3,(H,22,24). The second-order valence-corrected chi connectivity index (χ2v) is 8.09. The molecule has 0 radical (unpaired) electrons. The van der Waals surface area contributed by atoms with Crippen molar-refractivity contribution in [1.82, 2.24) is 5.32 Å². The van der Waals surface area contributed by atoms with E-state index in [1.807, 2.05) is 36.4 Å².